The third kappa shape index (κ3) is 3.40. The molecule has 144 valence electrons. The summed E-state index contributed by atoms with van der Waals surface area (Å²) in [4.78, 5) is 22.7. The minimum Gasteiger partial charge on any atom is -0.406 e. The number of fused-ring (bicyclic) bond motifs is 2. The Morgan fingerprint density at radius 1 is 1.22 bits per heavy atom. The summed E-state index contributed by atoms with van der Waals surface area (Å²) in [6, 6.07) is 5.49. The molecule has 8 heteroatoms. The summed E-state index contributed by atoms with van der Waals surface area (Å²) < 4.78 is 40.7. The van der Waals surface area contributed by atoms with Crippen LogP contribution in [0.15, 0.2) is 30.6 Å². The van der Waals surface area contributed by atoms with Crippen molar-refractivity contribution in [2.24, 2.45) is 0 Å². The number of imidazole rings is 1. The van der Waals surface area contributed by atoms with Gasteiger partial charge in [-0.1, -0.05) is 25.0 Å². The highest BCUT2D eigenvalue weighted by Gasteiger charge is 2.48. The van der Waals surface area contributed by atoms with E-state index in [4.69, 9.17) is 0 Å². The van der Waals surface area contributed by atoms with Crippen LogP contribution in [-0.4, -0.2) is 33.7 Å². The molecule has 0 bridgehead atoms. The fourth-order valence-corrected chi connectivity index (χ4v) is 4.39. The van der Waals surface area contributed by atoms with Crippen LogP contribution < -0.4 is 4.74 Å². The summed E-state index contributed by atoms with van der Waals surface area (Å²) >= 11 is 0. The second-order valence-electron chi connectivity index (χ2n) is 7.13. The highest BCUT2D eigenvalue weighted by atomic mass is 19.4. The van der Waals surface area contributed by atoms with E-state index >= 15 is 0 Å². The van der Waals surface area contributed by atoms with E-state index in [2.05, 4.69) is 14.7 Å². The zero-order valence-corrected chi connectivity index (χ0v) is 14.7. The number of alkyl halides is 3. The van der Waals surface area contributed by atoms with Gasteiger partial charge in [0.1, 0.15) is 5.75 Å². The SMILES string of the molecule is O=C(Cc1ccc(OC(F)(F)F)cc1)N1CCc2[nH]cnc2C12CCCC2. The molecule has 0 atom stereocenters. The molecule has 1 N–H and O–H groups in total. The minimum atomic E-state index is -4.72. The number of nitrogens with zero attached hydrogens (tertiary/aromatic N) is 2. The number of carbonyl (C=O) groups excluding carboxylic acids is 1. The van der Waals surface area contributed by atoms with Gasteiger partial charge in [0.05, 0.1) is 24.0 Å². The summed E-state index contributed by atoms with van der Waals surface area (Å²) in [6.45, 7) is 0.628. The molecule has 1 aromatic carbocycles. The van der Waals surface area contributed by atoms with Crippen molar-refractivity contribution in [3.63, 3.8) is 0 Å². The van der Waals surface area contributed by atoms with Crippen LogP contribution >= 0.6 is 0 Å². The van der Waals surface area contributed by atoms with Crippen molar-refractivity contribution in [1.29, 1.82) is 0 Å². The molecule has 2 aliphatic rings. The normalized spacial score (nSPS) is 18.6. The van der Waals surface area contributed by atoms with Gasteiger partial charge in [0.25, 0.3) is 0 Å². The molecule has 1 saturated carbocycles. The molecular weight excluding hydrogens is 359 g/mol. The molecule has 1 spiro atoms. The highest BCUT2D eigenvalue weighted by Crippen LogP contribution is 2.46. The number of aromatic amines is 1. The Morgan fingerprint density at radius 3 is 2.59 bits per heavy atom. The lowest BCUT2D eigenvalue weighted by Crippen LogP contribution is -2.52. The van der Waals surface area contributed by atoms with Crippen LogP contribution in [0.25, 0.3) is 0 Å². The lowest BCUT2D eigenvalue weighted by Gasteiger charge is -2.44. The van der Waals surface area contributed by atoms with E-state index in [9.17, 15) is 18.0 Å². The van der Waals surface area contributed by atoms with Crippen molar-refractivity contribution in [3.8, 4) is 5.75 Å². The van der Waals surface area contributed by atoms with Crippen LogP contribution in [0.1, 0.15) is 42.6 Å². The summed E-state index contributed by atoms with van der Waals surface area (Å²) in [5.74, 6) is -0.305. The fraction of sp³-hybridized carbons (Fsp3) is 0.474. The predicted octanol–water partition coefficient (Wildman–Crippen LogP) is 3.71. The number of H-pyrrole nitrogens is 1. The van der Waals surface area contributed by atoms with Crippen molar-refractivity contribution < 1.29 is 22.7 Å². The first-order valence-corrected chi connectivity index (χ1v) is 9.05. The van der Waals surface area contributed by atoms with E-state index in [1.165, 1.54) is 24.3 Å². The first kappa shape index (κ1) is 17.9. The van der Waals surface area contributed by atoms with Crippen LogP contribution in [-0.2, 0) is 23.2 Å². The molecule has 0 unspecified atom stereocenters. The second-order valence-corrected chi connectivity index (χ2v) is 7.13. The van der Waals surface area contributed by atoms with Gasteiger partial charge in [0.2, 0.25) is 5.91 Å². The van der Waals surface area contributed by atoms with Gasteiger partial charge >= 0.3 is 6.36 Å². The maximum atomic E-state index is 13.1. The Kier molecular flexibility index (Phi) is 4.36. The number of halogens is 3. The van der Waals surface area contributed by atoms with Crippen molar-refractivity contribution in [3.05, 3.63) is 47.5 Å². The molecule has 1 aliphatic carbocycles. The summed E-state index contributed by atoms with van der Waals surface area (Å²) in [5, 5.41) is 0. The van der Waals surface area contributed by atoms with Crippen LogP contribution in [0, 0.1) is 0 Å². The number of nitrogens with one attached hydrogen (secondary N) is 1. The van der Waals surface area contributed by atoms with Gasteiger partial charge in [-0.05, 0) is 30.5 Å². The second kappa shape index (κ2) is 6.58. The maximum Gasteiger partial charge on any atom is 0.573 e. The predicted molar refractivity (Wildman–Crippen MR) is 91.0 cm³/mol. The molecule has 1 aliphatic heterocycles. The topological polar surface area (TPSA) is 58.2 Å². The number of hydrogen-bond acceptors (Lipinski definition) is 3. The van der Waals surface area contributed by atoms with Crippen LogP contribution in [0.4, 0.5) is 13.2 Å². The zero-order valence-electron chi connectivity index (χ0n) is 14.7. The highest BCUT2D eigenvalue weighted by molar-refractivity contribution is 5.80. The number of ether oxygens (including phenoxy) is 1. The third-order valence-corrected chi connectivity index (χ3v) is 5.51. The van der Waals surface area contributed by atoms with Crippen LogP contribution in [0.3, 0.4) is 0 Å². The molecular formula is C19H20F3N3O2. The molecule has 27 heavy (non-hydrogen) atoms. The Hall–Kier alpha value is -2.51. The third-order valence-electron chi connectivity index (χ3n) is 5.51. The van der Waals surface area contributed by atoms with Crippen molar-refractivity contribution in [2.75, 3.05) is 6.54 Å². The monoisotopic (exact) mass is 379 g/mol. The first-order chi connectivity index (χ1) is 12.9. The quantitative estimate of drug-likeness (QED) is 0.885. The Morgan fingerprint density at radius 2 is 1.93 bits per heavy atom. The number of amides is 1. The summed E-state index contributed by atoms with van der Waals surface area (Å²) in [7, 11) is 0. The van der Waals surface area contributed by atoms with E-state index < -0.39 is 6.36 Å². The minimum absolute atomic E-state index is 0.0185. The number of hydrogen-bond donors (Lipinski definition) is 1. The van der Waals surface area contributed by atoms with Gasteiger partial charge in [-0.3, -0.25) is 4.79 Å². The molecule has 5 nitrogen and oxygen atoms in total. The van der Waals surface area contributed by atoms with Crippen molar-refractivity contribution in [2.45, 2.75) is 50.4 Å². The largest absolute Gasteiger partial charge is 0.573 e. The Labute approximate surface area is 154 Å². The standard InChI is InChI=1S/C19H20F3N3O2/c20-19(21,22)27-14-5-3-13(4-6-14)11-16(26)25-10-7-15-17(24-12-23-15)18(25)8-1-2-9-18/h3-6,12H,1-2,7-11H2,(H,23,24). The van der Waals surface area contributed by atoms with Gasteiger partial charge in [0.15, 0.2) is 0 Å². The van der Waals surface area contributed by atoms with Crippen LogP contribution in [0.5, 0.6) is 5.75 Å². The molecule has 2 heterocycles. The molecule has 1 amide bonds. The van der Waals surface area contributed by atoms with Crippen molar-refractivity contribution in [1.82, 2.24) is 14.9 Å². The van der Waals surface area contributed by atoms with Crippen molar-refractivity contribution >= 4 is 5.91 Å². The molecule has 0 saturated heterocycles. The molecule has 1 aromatic heterocycles. The first-order valence-electron chi connectivity index (χ1n) is 9.05. The van der Waals surface area contributed by atoms with E-state index in [0.717, 1.165) is 43.5 Å². The van der Waals surface area contributed by atoms with E-state index in [0.29, 0.717) is 12.1 Å². The molecule has 1 fully saturated rings. The number of rotatable bonds is 3. The smallest absolute Gasteiger partial charge is 0.406 e. The Bertz CT molecular complexity index is 823. The van der Waals surface area contributed by atoms with E-state index in [1.54, 1.807) is 6.33 Å². The lowest BCUT2D eigenvalue weighted by molar-refractivity contribution is -0.274. The lowest BCUT2D eigenvalue weighted by atomic mass is 9.85. The zero-order chi connectivity index (χ0) is 19.1. The summed E-state index contributed by atoms with van der Waals surface area (Å²) in [6.07, 6.45) is 1.76. The summed E-state index contributed by atoms with van der Waals surface area (Å²) in [5.41, 5.74) is 2.41. The fourth-order valence-electron chi connectivity index (χ4n) is 4.39. The number of benzene rings is 1. The van der Waals surface area contributed by atoms with Crippen LogP contribution in [0.2, 0.25) is 0 Å². The maximum absolute atomic E-state index is 13.1. The average Bonchev–Trinajstić information content (AvgIpc) is 3.26. The van der Waals surface area contributed by atoms with E-state index in [1.807, 2.05) is 4.90 Å². The van der Waals surface area contributed by atoms with Gasteiger partial charge in [0, 0.05) is 18.7 Å². The Balaban J connectivity index is 1.51. The van der Waals surface area contributed by atoms with E-state index in [-0.39, 0.29) is 23.6 Å². The number of aromatic nitrogens is 2. The van der Waals surface area contributed by atoms with Gasteiger partial charge in [-0.15, -0.1) is 13.2 Å². The molecule has 4 rings (SSSR count). The van der Waals surface area contributed by atoms with Gasteiger partial charge in [-0.25, -0.2) is 4.98 Å². The van der Waals surface area contributed by atoms with Gasteiger partial charge < -0.3 is 14.6 Å². The average molecular weight is 379 g/mol. The molecule has 2 aromatic rings. The number of carbonyl (C=O) groups is 1. The molecule has 0 radical (unpaired) electrons. The van der Waals surface area contributed by atoms with Gasteiger partial charge in [-0.2, -0.15) is 0 Å².